The number of methoxy groups -OCH3 is 2. The number of amides is 1. The van der Waals surface area contributed by atoms with E-state index in [-0.39, 0.29) is 12.3 Å². The summed E-state index contributed by atoms with van der Waals surface area (Å²) in [6, 6.07) is 13.0. The zero-order valence-corrected chi connectivity index (χ0v) is 16.6. The summed E-state index contributed by atoms with van der Waals surface area (Å²) in [5.41, 5.74) is 1.58. The van der Waals surface area contributed by atoms with E-state index in [9.17, 15) is 4.79 Å². The summed E-state index contributed by atoms with van der Waals surface area (Å²) in [4.78, 5) is 16.4. The highest BCUT2D eigenvalue weighted by Crippen LogP contribution is 2.30. The average Bonchev–Trinajstić information content (AvgIpc) is 3.16. The number of ether oxygens (including phenoxy) is 2. The number of aromatic nitrogens is 1. The second kappa shape index (κ2) is 8.73. The third-order valence-electron chi connectivity index (χ3n) is 3.92. The van der Waals surface area contributed by atoms with Crippen molar-refractivity contribution in [3.05, 3.63) is 59.0 Å². The van der Waals surface area contributed by atoms with Gasteiger partial charge in [-0.1, -0.05) is 28.1 Å². The van der Waals surface area contributed by atoms with Crippen molar-refractivity contribution in [3.63, 3.8) is 0 Å². The second-order valence-electron chi connectivity index (χ2n) is 5.74. The van der Waals surface area contributed by atoms with Gasteiger partial charge in [-0.2, -0.15) is 0 Å². The van der Waals surface area contributed by atoms with Crippen LogP contribution in [-0.2, 0) is 11.2 Å². The molecule has 140 valence electrons. The van der Waals surface area contributed by atoms with Gasteiger partial charge in [0.2, 0.25) is 5.91 Å². The predicted octanol–water partition coefficient (Wildman–Crippen LogP) is 4.69. The van der Waals surface area contributed by atoms with Gasteiger partial charge in [-0.05, 0) is 24.3 Å². The average molecular weight is 431 g/mol. The Kier molecular flexibility index (Phi) is 6.13. The Balaban J connectivity index is 1.57. The molecule has 1 aromatic heterocycles. The number of halogens is 1. The molecule has 7 heteroatoms. The van der Waals surface area contributed by atoms with Crippen LogP contribution in [0.1, 0.15) is 12.3 Å². The lowest BCUT2D eigenvalue weighted by Crippen LogP contribution is -2.12. The van der Waals surface area contributed by atoms with E-state index in [4.69, 9.17) is 13.9 Å². The number of aryl methyl sites for hydroxylation is 1. The molecule has 0 saturated heterocycles. The lowest BCUT2D eigenvalue weighted by molar-refractivity contribution is -0.116. The van der Waals surface area contributed by atoms with E-state index in [1.165, 1.54) is 0 Å². The molecule has 0 atom stereocenters. The van der Waals surface area contributed by atoms with Gasteiger partial charge in [-0.25, -0.2) is 4.98 Å². The van der Waals surface area contributed by atoms with Crippen LogP contribution >= 0.6 is 15.9 Å². The number of benzene rings is 2. The van der Waals surface area contributed by atoms with Crippen LogP contribution in [0.2, 0.25) is 0 Å². The first kappa shape index (κ1) is 19.0. The zero-order chi connectivity index (χ0) is 19.2. The normalized spacial score (nSPS) is 10.5. The van der Waals surface area contributed by atoms with Crippen molar-refractivity contribution in [1.29, 1.82) is 0 Å². The molecule has 1 N–H and O–H groups in total. The minimum Gasteiger partial charge on any atom is -0.493 e. The lowest BCUT2D eigenvalue weighted by Gasteiger charge is -2.10. The van der Waals surface area contributed by atoms with Crippen molar-refractivity contribution >= 4 is 27.5 Å². The van der Waals surface area contributed by atoms with Gasteiger partial charge < -0.3 is 19.2 Å². The molecule has 3 aromatic rings. The molecule has 0 fully saturated rings. The Labute approximate surface area is 165 Å². The molecule has 0 spiro atoms. The second-order valence-corrected chi connectivity index (χ2v) is 6.66. The highest BCUT2D eigenvalue weighted by molar-refractivity contribution is 9.10. The van der Waals surface area contributed by atoms with Crippen LogP contribution < -0.4 is 14.8 Å². The fourth-order valence-electron chi connectivity index (χ4n) is 2.53. The third kappa shape index (κ3) is 4.89. The van der Waals surface area contributed by atoms with Crippen molar-refractivity contribution in [2.24, 2.45) is 0 Å². The quantitative estimate of drug-likeness (QED) is 0.588. The maximum Gasteiger partial charge on any atom is 0.224 e. The number of carbonyl (C=O) groups is 1. The Bertz CT molecular complexity index is 922. The van der Waals surface area contributed by atoms with E-state index in [2.05, 4.69) is 26.2 Å². The van der Waals surface area contributed by atoms with Crippen LogP contribution in [-0.4, -0.2) is 25.1 Å². The van der Waals surface area contributed by atoms with Crippen molar-refractivity contribution in [1.82, 2.24) is 4.98 Å². The zero-order valence-electron chi connectivity index (χ0n) is 15.0. The number of oxazole rings is 1. The third-order valence-corrected chi connectivity index (χ3v) is 4.44. The van der Waals surface area contributed by atoms with Crippen molar-refractivity contribution in [2.45, 2.75) is 12.8 Å². The summed E-state index contributed by atoms with van der Waals surface area (Å²) in [6.45, 7) is 0. The molecule has 0 unspecified atom stereocenters. The first-order chi connectivity index (χ1) is 13.1. The van der Waals surface area contributed by atoms with Gasteiger partial charge in [0.25, 0.3) is 0 Å². The van der Waals surface area contributed by atoms with E-state index < -0.39 is 0 Å². The highest BCUT2D eigenvalue weighted by Gasteiger charge is 2.11. The molecule has 0 aliphatic carbocycles. The number of carbonyl (C=O) groups excluding carboxylic acids is 1. The minimum atomic E-state index is -0.134. The van der Waals surface area contributed by atoms with E-state index >= 15 is 0 Å². The summed E-state index contributed by atoms with van der Waals surface area (Å²) in [5, 5.41) is 2.83. The Morgan fingerprint density at radius 1 is 1.11 bits per heavy atom. The van der Waals surface area contributed by atoms with Gasteiger partial charge >= 0.3 is 0 Å². The summed E-state index contributed by atoms with van der Waals surface area (Å²) in [7, 11) is 3.12. The van der Waals surface area contributed by atoms with E-state index in [1.807, 2.05) is 24.3 Å². The summed E-state index contributed by atoms with van der Waals surface area (Å²) < 4.78 is 17.2. The summed E-state index contributed by atoms with van der Waals surface area (Å²) in [6.07, 6.45) is 2.34. The molecule has 0 saturated carbocycles. The largest absolute Gasteiger partial charge is 0.493 e. The predicted molar refractivity (Wildman–Crippen MR) is 106 cm³/mol. The number of hydrogen-bond donors (Lipinski definition) is 1. The number of rotatable bonds is 7. The molecule has 0 aliphatic heterocycles. The van der Waals surface area contributed by atoms with Crippen LogP contribution in [0.3, 0.4) is 0 Å². The first-order valence-electron chi connectivity index (χ1n) is 8.31. The molecule has 27 heavy (non-hydrogen) atoms. The maximum atomic E-state index is 12.2. The molecule has 0 radical (unpaired) electrons. The van der Waals surface area contributed by atoms with Crippen molar-refractivity contribution < 1.29 is 18.7 Å². The highest BCUT2D eigenvalue weighted by atomic mass is 79.9. The minimum absolute atomic E-state index is 0.134. The Morgan fingerprint density at radius 2 is 1.85 bits per heavy atom. The number of nitrogens with zero attached hydrogens (tertiary/aromatic N) is 1. The van der Waals surface area contributed by atoms with Crippen LogP contribution in [0, 0.1) is 0 Å². The molecule has 0 bridgehead atoms. The SMILES string of the molecule is COc1ccc(NC(=O)CCc2ncc(-c3ccc(Br)cc3)o2)cc1OC. The molecular weight excluding hydrogens is 412 g/mol. The lowest BCUT2D eigenvalue weighted by atomic mass is 10.2. The molecular formula is C20H19BrN2O4. The van der Waals surface area contributed by atoms with Crippen LogP contribution in [0.4, 0.5) is 5.69 Å². The first-order valence-corrected chi connectivity index (χ1v) is 9.11. The van der Waals surface area contributed by atoms with Gasteiger partial charge in [0.15, 0.2) is 23.1 Å². The van der Waals surface area contributed by atoms with Crippen molar-refractivity contribution in [3.8, 4) is 22.8 Å². The van der Waals surface area contributed by atoms with Crippen molar-refractivity contribution in [2.75, 3.05) is 19.5 Å². The monoisotopic (exact) mass is 430 g/mol. The van der Waals surface area contributed by atoms with Gasteiger partial charge in [0.1, 0.15) is 0 Å². The van der Waals surface area contributed by atoms with Gasteiger partial charge in [0, 0.05) is 34.6 Å². The Morgan fingerprint density at radius 3 is 2.56 bits per heavy atom. The van der Waals surface area contributed by atoms with Gasteiger partial charge in [0.05, 0.1) is 20.4 Å². The molecule has 1 heterocycles. The van der Waals surface area contributed by atoms with Crippen LogP contribution in [0.15, 0.2) is 57.6 Å². The Hall–Kier alpha value is -2.80. The van der Waals surface area contributed by atoms with E-state index in [0.29, 0.717) is 35.3 Å². The standard InChI is InChI=1S/C20H19BrN2O4/c1-25-16-8-7-15(11-17(16)26-2)23-19(24)9-10-20-22-12-18(27-20)13-3-5-14(21)6-4-13/h3-8,11-12H,9-10H2,1-2H3,(H,23,24). The summed E-state index contributed by atoms with van der Waals surface area (Å²) in [5.74, 6) is 2.23. The maximum absolute atomic E-state index is 12.2. The molecule has 0 aliphatic rings. The van der Waals surface area contributed by atoms with E-state index in [0.717, 1.165) is 10.0 Å². The summed E-state index contributed by atoms with van der Waals surface area (Å²) >= 11 is 3.40. The molecule has 2 aromatic carbocycles. The van der Waals surface area contributed by atoms with Crippen LogP contribution in [0.25, 0.3) is 11.3 Å². The smallest absolute Gasteiger partial charge is 0.224 e. The topological polar surface area (TPSA) is 73.6 Å². The molecule has 6 nitrogen and oxygen atoms in total. The van der Waals surface area contributed by atoms with Crippen LogP contribution in [0.5, 0.6) is 11.5 Å². The molecule has 3 rings (SSSR count). The molecule has 1 amide bonds. The fourth-order valence-corrected chi connectivity index (χ4v) is 2.80. The van der Waals surface area contributed by atoms with Gasteiger partial charge in [-0.3, -0.25) is 4.79 Å². The number of anilines is 1. The number of nitrogens with one attached hydrogen (secondary N) is 1. The fraction of sp³-hybridized carbons (Fsp3) is 0.200. The van der Waals surface area contributed by atoms with E-state index in [1.54, 1.807) is 38.6 Å². The number of hydrogen-bond acceptors (Lipinski definition) is 5. The van der Waals surface area contributed by atoms with Gasteiger partial charge in [-0.15, -0.1) is 0 Å².